The molecular weight excluding hydrogens is 413 g/mol. The molecule has 0 amide bonds. The van der Waals surface area contributed by atoms with Crippen molar-refractivity contribution in [2.24, 2.45) is 0 Å². The van der Waals surface area contributed by atoms with E-state index in [1.165, 1.54) is 6.33 Å². The van der Waals surface area contributed by atoms with Crippen LogP contribution in [0.4, 0.5) is 10.2 Å². The van der Waals surface area contributed by atoms with Crippen LogP contribution in [0.3, 0.4) is 0 Å². The van der Waals surface area contributed by atoms with Gasteiger partial charge in [-0.3, -0.25) is 9.97 Å². The van der Waals surface area contributed by atoms with E-state index in [4.69, 9.17) is 0 Å². The third-order valence-electron chi connectivity index (χ3n) is 5.55. The first-order valence-electron chi connectivity index (χ1n) is 10.8. The predicted molar refractivity (Wildman–Crippen MR) is 130 cm³/mol. The number of anilines is 1. The first-order valence-corrected chi connectivity index (χ1v) is 10.8. The highest BCUT2D eigenvalue weighted by Crippen LogP contribution is 2.27. The summed E-state index contributed by atoms with van der Waals surface area (Å²) in [6.07, 6.45) is 14.2. The summed E-state index contributed by atoms with van der Waals surface area (Å²) in [5.74, 6) is -0.284. The Morgan fingerprint density at radius 3 is 2.76 bits per heavy atom. The molecule has 1 aromatic carbocycles. The Bertz CT molecular complexity index is 1420. The van der Waals surface area contributed by atoms with Crippen LogP contribution in [0, 0.1) is 12.7 Å². The number of nitrogens with zero attached hydrogens (tertiary/aromatic N) is 4. The summed E-state index contributed by atoms with van der Waals surface area (Å²) in [6.45, 7) is 2.44. The summed E-state index contributed by atoms with van der Waals surface area (Å²) >= 11 is 0. The van der Waals surface area contributed by atoms with Gasteiger partial charge in [-0.05, 0) is 60.4 Å². The number of pyridine rings is 2. The Labute approximate surface area is 191 Å². The van der Waals surface area contributed by atoms with E-state index < -0.39 is 5.82 Å². The lowest BCUT2D eigenvalue weighted by atomic mass is 10.1. The van der Waals surface area contributed by atoms with Gasteiger partial charge in [0.1, 0.15) is 12.0 Å². The molecule has 33 heavy (non-hydrogen) atoms. The van der Waals surface area contributed by atoms with Gasteiger partial charge in [0.15, 0.2) is 11.6 Å². The maximum Gasteiger partial charge on any atom is 0.191 e. The molecule has 4 aromatic rings. The van der Waals surface area contributed by atoms with E-state index in [2.05, 4.69) is 55.6 Å². The first-order chi connectivity index (χ1) is 16.2. The highest BCUT2D eigenvalue weighted by Gasteiger charge is 2.14. The molecule has 5 rings (SSSR count). The van der Waals surface area contributed by atoms with Crippen molar-refractivity contribution in [3.63, 3.8) is 0 Å². The number of hydrogen-bond donors (Lipinski definition) is 1. The normalized spacial score (nSPS) is 13.4. The fraction of sp³-hybridized carbons (Fsp3) is 0.111. The average molecular weight is 436 g/mol. The molecule has 0 spiro atoms. The maximum atomic E-state index is 15.3. The quantitative estimate of drug-likeness (QED) is 0.422. The summed E-state index contributed by atoms with van der Waals surface area (Å²) in [5.41, 5.74) is 6.14. The molecule has 0 aliphatic heterocycles. The smallest absolute Gasteiger partial charge is 0.191 e. The number of hydrogen-bond acceptors (Lipinski definition) is 5. The molecule has 0 bridgehead atoms. The van der Waals surface area contributed by atoms with E-state index in [1.807, 2.05) is 49.5 Å². The van der Waals surface area contributed by atoms with E-state index in [1.54, 1.807) is 6.20 Å². The van der Waals surface area contributed by atoms with Crippen LogP contribution >= 0.6 is 0 Å². The molecule has 0 unspecified atom stereocenters. The molecule has 0 saturated heterocycles. The molecule has 5 nitrogen and oxygen atoms in total. The van der Waals surface area contributed by atoms with Crippen molar-refractivity contribution in [3.8, 4) is 11.3 Å². The maximum absolute atomic E-state index is 15.3. The third-order valence-corrected chi connectivity index (χ3v) is 5.55. The number of allylic oxidation sites excluding steroid dienone is 4. The lowest BCUT2D eigenvalue weighted by Gasteiger charge is -2.10. The SMILES string of the molecule is Cc1cc(C2=CCC=C(CNc3ncnc(-c4ccc5ncccc5c4)c3F)C=C2)ccn1. The van der Waals surface area contributed by atoms with Crippen LogP contribution in [0.2, 0.25) is 0 Å². The van der Waals surface area contributed by atoms with Crippen LogP contribution in [-0.4, -0.2) is 26.5 Å². The lowest BCUT2D eigenvalue weighted by Crippen LogP contribution is -2.08. The summed E-state index contributed by atoms with van der Waals surface area (Å²) in [4.78, 5) is 16.9. The number of rotatable bonds is 5. The van der Waals surface area contributed by atoms with Crippen LogP contribution < -0.4 is 5.32 Å². The van der Waals surface area contributed by atoms with Crippen molar-refractivity contribution in [2.75, 3.05) is 11.9 Å². The number of halogens is 1. The van der Waals surface area contributed by atoms with E-state index in [0.29, 0.717) is 12.1 Å². The van der Waals surface area contributed by atoms with Gasteiger partial charge >= 0.3 is 0 Å². The summed E-state index contributed by atoms with van der Waals surface area (Å²) in [5, 5.41) is 4.06. The molecule has 0 radical (unpaired) electrons. The third kappa shape index (κ3) is 4.55. The van der Waals surface area contributed by atoms with Crippen molar-refractivity contribution in [2.45, 2.75) is 13.3 Å². The summed E-state index contributed by atoms with van der Waals surface area (Å²) in [7, 11) is 0. The van der Waals surface area contributed by atoms with Gasteiger partial charge in [-0.2, -0.15) is 0 Å². The number of nitrogens with one attached hydrogen (secondary N) is 1. The molecule has 3 heterocycles. The van der Waals surface area contributed by atoms with E-state index in [0.717, 1.165) is 39.7 Å². The first kappa shape index (κ1) is 20.7. The molecule has 3 aromatic heterocycles. The minimum Gasteiger partial charge on any atom is -0.363 e. The molecule has 0 atom stereocenters. The van der Waals surface area contributed by atoms with Gasteiger partial charge in [0, 0.05) is 35.6 Å². The Balaban J connectivity index is 1.32. The second-order valence-corrected chi connectivity index (χ2v) is 7.84. The van der Waals surface area contributed by atoms with Gasteiger partial charge in [-0.1, -0.05) is 36.4 Å². The minimum absolute atomic E-state index is 0.183. The Hall–Kier alpha value is -4.19. The van der Waals surface area contributed by atoms with E-state index in [9.17, 15) is 0 Å². The van der Waals surface area contributed by atoms with Gasteiger partial charge in [-0.25, -0.2) is 14.4 Å². The fourth-order valence-electron chi connectivity index (χ4n) is 3.84. The van der Waals surface area contributed by atoms with Crippen molar-refractivity contribution in [3.05, 3.63) is 108 Å². The highest BCUT2D eigenvalue weighted by molar-refractivity contribution is 5.84. The van der Waals surface area contributed by atoms with Gasteiger partial charge < -0.3 is 5.32 Å². The van der Waals surface area contributed by atoms with Crippen LogP contribution in [0.1, 0.15) is 17.7 Å². The second-order valence-electron chi connectivity index (χ2n) is 7.84. The largest absolute Gasteiger partial charge is 0.363 e. The van der Waals surface area contributed by atoms with Gasteiger partial charge in [-0.15, -0.1) is 0 Å². The number of aromatic nitrogens is 4. The van der Waals surface area contributed by atoms with E-state index >= 15 is 4.39 Å². The molecule has 1 N–H and O–H groups in total. The minimum atomic E-state index is -0.468. The predicted octanol–water partition coefficient (Wildman–Crippen LogP) is 5.92. The molecular formula is C27H22FN5. The Kier molecular flexibility index (Phi) is 5.72. The highest BCUT2D eigenvalue weighted by atomic mass is 19.1. The zero-order valence-corrected chi connectivity index (χ0v) is 18.2. The fourth-order valence-corrected chi connectivity index (χ4v) is 3.84. The Morgan fingerprint density at radius 1 is 0.909 bits per heavy atom. The standard InChI is InChI=1S/C27H22FN5/c1-18-14-21(11-13-29-18)20-5-2-4-19(7-8-20)16-31-27-25(28)26(32-17-33-27)23-9-10-24-22(15-23)6-3-12-30-24/h3-15,17H,2,16H2,1H3,(H,31,32,33). The van der Waals surface area contributed by atoms with Crippen LogP contribution in [-0.2, 0) is 0 Å². The summed E-state index contributed by atoms with van der Waals surface area (Å²) in [6, 6.07) is 13.5. The zero-order valence-electron chi connectivity index (χ0n) is 18.2. The number of benzene rings is 1. The molecule has 1 aliphatic carbocycles. The Morgan fingerprint density at radius 2 is 1.85 bits per heavy atom. The molecule has 6 heteroatoms. The van der Waals surface area contributed by atoms with Gasteiger partial charge in [0.05, 0.1) is 5.52 Å². The van der Waals surface area contributed by atoms with Crippen LogP contribution in [0.5, 0.6) is 0 Å². The molecule has 162 valence electrons. The van der Waals surface area contributed by atoms with Crippen LogP contribution in [0.25, 0.3) is 27.7 Å². The second kappa shape index (κ2) is 9.12. The van der Waals surface area contributed by atoms with Crippen molar-refractivity contribution < 1.29 is 4.39 Å². The molecule has 1 aliphatic rings. The number of aryl methyl sites for hydroxylation is 1. The monoisotopic (exact) mass is 435 g/mol. The molecule has 0 fully saturated rings. The van der Waals surface area contributed by atoms with Gasteiger partial charge in [0.2, 0.25) is 0 Å². The van der Waals surface area contributed by atoms with Crippen molar-refractivity contribution in [1.29, 1.82) is 0 Å². The lowest BCUT2D eigenvalue weighted by molar-refractivity contribution is 0.622. The van der Waals surface area contributed by atoms with E-state index in [-0.39, 0.29) is 11.5 Å². The topological polar surface area (TPSA) is 63.6 Å². The van der Waals surface area contributed by atoms with Crippen molar-refractivity contribution >= 4 is 22.3 Å². The van der Waals surface area contributed by atoms with Gasteiger partial charge in [0.25, 0.3) is 0 Å². The zero-order chi connectivity index (χ0) is 22.6. The summed E-state index contributed by atoms with van der Waals surface area (Å²) < 4.78 is 15.3. The average Bonchev–Trinajstić information content (AvgIpc) is 3.09. The van der Waals surface area contributed by atoms with Crippen LogP contribution in [0.15, 0.2) is 91.1 Å². The molecule has 0 saturated carbocycles. The van der Waals surface area contributed by atoms with Crippen molar-refractivity contribution in [1.82, 2.24) is 19.9 Å². The number of fused-ring (bicyclic) bond motifs is 1.